The number of hydrogen-bond acceptors (Lipinski definition) is 3. The first-order valence-electron chi connectivity index (χ1n) is 8.19. The molecule has 0 bridgehead atoms. The van der Waals surface area contributed by atoms with Crippen molar-refractivity contribution in [2.75, 3.05) is 0 Å². The number of ketones is 1. The normalized spacial score (nSPS) is 15.8. The van der Waals surface area contributed by atoms with Crippen LogP contribution in [-0.4, -0.2) is 16.5 Å². The Bertz CT molecular complexity index is 799. The molecule has 3 rings (SSSR count). The molecule has 24 heavy (non-hydrogen) atoms. The predicted molar refractivity (Wildman–Crippen MR) is 95.7 cm³/mol. The van der Waals surface area contributed by atoms with Crippen LogP contribution in [0.3, 0.4) is 0 Å². The zero-order valence-corrected chi connectivity index (χ0v) is 14.3. The molecule has 124 valence electrons. The van der Waals surface area contributed by atoms with Crippen LogP contribution in [0.1, 0.15) is 47.3 Å². The van der Waals surface area contributed by atoms with Crippen LogP contribution in [0.25, 0.3) is 6.08 Å². The summed E-state index contributed by atoms with van der Waals surface area (Å²) in [4.78, 5) is 12.7. The number of carbonyl (C=O) groups is 1. The Morgan fingerprint density at radius 2 is 1.88 bits per heavy atom. The van der Waals surface area contributed by atoms with Gasteiger partial charge in [-0.3, -0.25) is 4.79 Å². The summed E-state index contributed by atoms with van der Waals surface area (Å²) in [5, 5.41) is 10.2. The van der Waals surface area contributed by atoms with E-state index in [1.54, 1.807) is 12.1 Å². The van der Waals surface area contributed by atoms with Gasteiger partial charge < -0.3 is 9.84 Å². The van der Waals surface area contributed by atoms with E-state index in [0.717, 1.165) is 24.0 Å². The second-order valence-corrected chi connectivity index (χ2v) is 6.92. The number of hydrogen-bond donors (Lipinski definition) is 1. The molecule has 0 saturated heterocycles. The van der Waals surface area contributed by atoms with Crippen molar-refractivity contribution in [1.29, 1.82) is 0 Å². The van der Waals surface area contributed by atoms with Crippen molar-refractivity contribution in [2.24, 2.45) is 0 Å². The molecule has 2 aromatic carbocycles. The number of aryl methyl sites for hydroxylation is 2. The summed E-state index contributed by atoms with van der Waals surface area (Å²) in [5.74, 6) is 0.234. The number of phenols is 1. The van der Waals surface area contributed by atoms with Crippen molar-refractivity contribution in [3.05, 3.63) is 64.7 Å². The standard InChI is InChI=1S/C21H22O3/c1-14-4-6-15(7-5-14)8-10-17(22)19-18(23)11-9-16-12-13-21(2,3)24-20(16)19/h4-11,23H,12-13H2,1-3H3/b10-8+. The van der Waals surface area contributed by atoms with Crippen molar-refractivity contribution >= 4 is 11.9 Å². The van der Waals surface area contributed by atoms with Crippen LogP contribution in [0.5, 0.6) is 11.5 Å². The summed E-state index contributed by atoms with van der Waals surface area (Å²) in [6, 6.07) is 11.3. The maximum Gasteiger partial charge on any atom is 0.193 e. The quantitative estimate of drug-likeness (QED) is 0.658. The van der Waals surface area contributed by atoms with E-state index in [2.05, 4.69) is 0 Å². The van der Waals surface area contributed by atoms with Crippen molar-refractivity contribution in [3.8, 4) is 11.5 Å². The lowest BCUT2D eigenvalue weighted by atomic mass is 9.91. The summed E-state index contributed by atoms with van der Waals surface area (Å²) in [7, 11) is 0. The second kappa shape index (κ2) is 6.16. The van der Waals surface area contributed by atoms with Crippen molar-refractivity contribution < 1.29 is 14.6 Å². The Morgan fingerprint density at radius 1 is 1.17 bits per heavy atom. The summed E-state index contributed by atoms with van der Waals surface area (Å²) in [5.41, 5.74) is 3.00. The van der Waals surface area contributed by atoms with Gasteiger partial charge in [-0.25, -0.2) is 0 Å². The lowest BCUT2D eigenvalue weighted by Crippen LogP contribution is -2.33. The summed E-state index contributed by atoms with van der Waals surface area (Å²) in [6.07, 6.45) is 4.97. The van der Waals surface area contributed by atoms with Crippen molar-refractivity contribution in [3.63, 3.8) is 0 Å². The number of allylic oxidation sites excluding steroid dienone is 1. The Hall–Kier alpha value is -2.55. The first kappa shape index (κ1) is 16.3. The Balaban J connectivity index is 1.94. The van der Waals surface area contributed by atoms with Gasteiger partial charge >= 0.3 is 0 Å². The fourth-order valence-corrected chi connectivity index (χ4v) is 2.86. The molecule has 1 heterocycles. The maximum atomic E-state index is 12.7. The molecule has 1 N–H and O–H groups in total. The molecule has 3 heteroatoms. The lowest BCUT2D eigenvalue weighted by Gasteiger charge is -2.33. The zero-order valence-electron chi connectivity index (χ0n) is 14.3. The van der Waals surface area contributed by atoms with Crippen molar-refractivity contribution in [1.82, 2.24) is 0 Å². The van der Waals surface area contributed by atoms with E-state index >= 15 is 0 Å². The van der Waals surface area contributed by atoms with Crippen LogP contribution in [-0.2, 0) is 6.42 Å². The minimum Gasteiger partial charge on any atom is -0.507 e. The fourth-order valence-electron chi connectivity index (χ4n) is 2.86. The highest BCUT2D eigenvalue weighted by atomic mass is 16.5. The molecule has 0 saturated carbocycles. The molecular weight excluding hydrogens is 300 g/mol. The number of fused-ring (bicyclic) bond motifs is 1. The number of ether oxygens (including phenoxy) is 1. The predicted octanol–water partition coefficient (Wildman–Crippen LogP) is 4.70. The number of carbonyl (C=O) groups excluding carboxylic acids is 1. The average Bonchev–Trinajstić information content (AvgIpc) is 2.53. The third kappa shape index (κ3) is 3.35. The highest BCUT2D eigenvalue weighted by Crippen LogP contribution is 2.40. The molecule has 2 aromatic rings. The SMILES string of the molecule is Cc1ccc(/C=C/C(=O)c2c(O)ccc3c2OC(C)(C)CC3)cc1. The Labute approximate surface area is 142 Å². The number of phenolic OH excluding ortho intramolecular Hbond substituents is 1. The average molecular weight is 322 g/mol. The van der Waals surface area contributed by atoms with E-state index in [9.17, 15) is 9.90 Å². The summed E-state index contributed by atoms with van der Waals surface area (Å²) in [6.45, 7) is 6.01. The molecule has 0 atom stereocenters. The lowest BCUT2D eigenvalue weighted by molar-refractivity contribution is 0.0810. The zero-order chi connectivity index (χ0) is 17.3. The van der Waals surface area contributed by atoms with Gasteiger partial charge in [0.2, 0.25) is 0 Å². The van der Waals surface area contributed by atoms with Gasteiger partial charge in [-0.15, -0.1) is 0 Å². The first-order valence-corrected chi connectivity index (χ1v) is 8.19. The molecule has 1 aliphatic rings. The molecule has 0 spiro atoms. The molecule has 0 radical (unpaired) electrons. The third-order valence-electron chi connectivity index (χ3n) is 4.34. The van der Waals surface area contributed by atoms with Crippen LogP contribution in [0.4, 0.5) is 0 Å². The van der Waals surface area contributed by atoms with E-state index in [0.29, 0.717) is 5.75 Å². The van der Waals surface area contributed by atoms with Crippen LogP contribution < -0.4 is 4.74 Å². The minimum atomic E-state index is -0.337. The van der Waals surface area contributed by atoms with E-state index in [-0.39, 0.29) is 22.7 Å². The summed E-state index contributed by atoms with van der Waals surface area (Å²) < 4.78 is 6.01. The Morgan fingerprint density at radius 3 is 2.58 bits per heavy atom. The molecule has 0 fully saturated rings. The van der Waals surface area contributed by atoms with Crippen molar-refractivity contribution in [2.45, 2.75) is 39.2 Å². The van der Waals surface area contributed by atoms with Crippen LogP contribution in [0, 0.1) is 6.92 Å². The molecular formula is C21H22O3. The van der Waals surface area contributed by atoms with E-state index in [1.165, 1.54) is 11.6 Å². The van der Waals surface area contributed by atoms with E-state index in [4.69, 9.17) is 4.74 Å². The second-order valence-electron chi connectivity index (χ2n) is 6.92. The Kier molecular flexibility index (Phi) is 4.18. The van der Waals surface area contributed by atoms with Gasteiger partial charge in [-0.1, -0.05) is 42.0 Å². The molecule has 3 nitrogen and oxygen atoms in total. The van der Waals surface area contributed by atoms with Crippen LogP contribution in [0.2, 0.25) is 0 Å². The molecule has 0 aromatic heterocycles. The maximum absolute atomic E-state index is 12.7. The molecule has 1 aliphatic heterocycles. The number of rotatable bonds is 3. The molecule has 0 amide bonds. The number of aromatic hydroxyl groups is 1. The van der Waals surface area contributed by atoms with Gasteiger partial charge in [0.25, 0.3) is 0 Å². The van der Waals surface area contributed by atoms with Gasteiger partial charge in [-0.2, -0.15) is 0 Å². The van der Waals surface area contributed by atoms with E-state index < -0.39 is 0 Å². The van der Waals surface area contributed by atoms with Crippen LogP contribution in [0.15, 0.2) is 42.5 Å². The smallest absolute Gasteiger partial charge is 0.193 e. The number of benzene rings is 2. The van der Waals surface area contributed by atoms with Gasteiger partial charge in [0.1, 0.15) is 22.7 Å². The monoisotopic (exact) mass is 322 g/mol. The molecule has 0 aliphatic carbocycles. The van der Waals surface area contributed by atoms with Gasteiger partial charge in [-0.05, 0) is 56.9 Å². The van der Waals surface area contributed by atoms with Crippen LogP contribution >= 0.6 is 0 Å². The fraction of sp³-hybridized carbons (Fsp3) is 0.286. The van der Waals surface area contributed by atoms with Gasteiger partial charge in [0.15, 0.2) is 5.78 Å². The minimum absolute atomic E-state index is 0.0370. The third-order valence-corrected chi connectivity index (χ3v) is 4.34. The van der Waals surface area contributed by atoms with Gasteiger partial charge in [0.05, 0.1) is 0 Å². The molecule has 0 unspecified atom stereocenters. The highest BCUT2D eigenvalue weighted by molar-refractivity contribution is 6.10. The first-order chi connectivity index (χ1) is 11.4. The summed E-state index contributed by atoms with van der Waals surface area (Å²) >= 11 is 0. The van der Waals surface area contributed by atoms with Gasteiger partial charge in [0, 0.05) is 0 Å². The highest BCUT2D eigenvalue weighted by Gasteiger charge is 2.31. The van der Waals surface area contributed by atoms with E-state index in [1.807, 2.05) is 51.1 Å². The topological polar surface area (TPSA) is 46.5 Å². The largest absolute Gasteiger partial charge is 0.507 e.